The lowest BCUT2D eigenvalue weighted by molar-refractivity contribution is 0.103. The summed E-state index contributed by atoms with van der Waals surface area (Å²) >= 11 is 2.73. The third kappa shape index (κ3) is 4.16. The molecule has 4 rings (SSSR count). The number of hydrogen-bond acceptors (Lipinski definition) is 6. The maximum absolute atomic E-state index is 12.8. The minimum atomic E-state index is -0.245. The highest BCUT2D eigenvalue weighted by Gasteiger charge is 2.19. The van der Waals surface area contributed by atoms with Gasteiger partial charge in [0.2, 0.25) is 0 Å². The summed E-state index contributed by atoms with van der Waals surface area (Å²) in [5.41, 5.74) is 10.8. The van der Waals surface area contributed by atoms with Crippen molar-refractivity contribution in [1.29, 1.82) is 0 Å². The number of carbonyl (C=O) groups is 1. The van der Waals surface area contributed by atoms with Gasteiger partial charge in [-0.15, -0.1) is 22.7 Å². The van der Waals surface area contributed by atoms with E-state index in [1.807, 2.05) is 48.7 Å². The zero-order valence-corrected chi connectivity index (χ0v) is 18.0. The minimum Gasteiger partial charge on any atom is -0.397 e. The van der Waals surface area contributed by atoms with Crippen LogP contribution >= 0.6 is 22.7 Å². The molecule has 0 fully saturated rings. The number of fused-ring (bicyclic) bond motifs is 1. The quantitative estimate of drug-likeness (QED) is 0.405. The molecule has 4 aromatic rings. The molecule has 1 aromatic carbocycles. The van der Waals surface area contributed by atoms with Crippen molar-refractivity contribution in [1.82, 2.24) is 9.97 Å². The van der Waals surface area contributed by atoms with Crippen molar-refractivity contribution in [3.8, 4) is 11.3 Å². The number of nitrogen functional groups attached to an aromatic ring is 1. The highest BCUT2D eigenvalue weighted by molar-refractivity contribution is 7.21. The second-order valence-electron chi connectivity index (χ2n) is 6.96. The number of benzene rings is 1. The van der Waals surface area contributed by atoms with Crippen LogP contribution in [0.5, 0.6) is 0 Å². The van der Waals surface area contributed by atoms with E-state index in [0.29, 0.717) is 15.7 Å². The number of thiophene rings is 1. The molecule has 0 bridgehead atoms. The van der Waals surface area contributed by atoms with Crippen molar-refractivity contribution in [2.24, 2.45) is 0 Å². The number of aryl methyl sites for hydroxylation is 2. The number of unbranched alkanes of at least 4 members (excludes halogenated alkanes) is 1. The Morgan fingerprint density at radius 3 is 2.69 bits per heavy atom. The predicted molar refractivity (Wildman–Crippen MR) is 123 cm³/mol. The highest BCUT2D eigenvalue weighted by atomic mass is 32.1. The summed E-state index contributed by atoms with van der Waals surface area (Å²) in [5.74, 6) is -0.245. The highest BCUT2D eigenvalue weighted by Crippen LogP contribution is 2.34. The first-order chi connectivity index (χ1) is 14.0. The summed E-state index contributed by atoms with van der Waals surface area (Å²) in [5, 5.41) is 6.21. The van der Waals surface area contributed by atoms with Gasteiger partial charge in [-0.05, 0) is 31.9 Å². The molecular weight excluding hydrogens is 400 g/mol. The van der Waals surface area contributed by atoms with Crippen molar-refractivity contribution in [2.75, 3.05) is 11.1 Å². The van der Waals surface area contributed by atoms with Gasteiger partial charge in [0.25, 0.3) is 5.91 Å². The number of nitrogens with two attached hydrogens (primary N) is 1. The lowest BCUT2D eigenvalue weighted by Gasteiger charge is -2.01. The number of nitrogens with zero attached hydrogens (tertiary/aromatic N) is 2. The van der Waals surface area contributed by atoms with Gasteiger partial charge < -0.3 is 5.73 Å². The normalized spacial score (nSPS) is 11.1. The van der Waals surface area contributed by atoms with E-state index >= 15 is 0 Å². The van der Waals surface area contributed by atoms with E-state index in [2.05, 4.69) is 22.2 Å². The fraction of sp³-hybridized carbons (Fsp3) is 0.227. The molecule has 0 radical (unpaired) electrons. The van der Waals surface area contributed by atoms with Crippen molar-refractivity contribution < 1.29 is 4.79 Å². The Labute approximate surface area is 177 Å². The molecule has 0 saturated heterocycles. The second kappa shape index (κ2) is 8.31. The molecule has 0 saturated carbocycles. The number of hydrogen-bond donors (Lipinski definition) is 2. The molecule has 3 N–H and O–H groups in total. The molecule has 3 aromatic heterocycles. The summed E-state index contributed by atoms with van der Waals surface area (Å²) in [6, 6.07) is 12.1. The zero-order chi connectivity index (χ0) is 20.4. The number of anilines is 2. The fourth-order valence-corrected chi connectivity index (χ4v) is 4.77. The van der Waals surface area contributed by atoms with Gasteiger partial charge in [0, 0.05) is 22.0 Å². The number of thiazole rings is 1. The first kappa shape index (κ1) is 19.5. The monoisotopic (exact) mass is 422 g/mol. The average Bonchev–Trinajstić information content (AvgIpc) is 3.31. The molecule has 1 amide bonds. The first-order valence-corrected chi connectivity index (χ1v) is 11.3. The molecule has 5 nitrogen and oxygen atoms in total. The standard InChI is InChI=1S/C22H22N4OS2/c1-3-4-5-15-10-11-16-18(23)19(29-21(16)24-15)20(27)26-22-25-17(12-28-22)14-8-6-13(2)7-9-14/h6-12H,3-5,23H2,1-2H3,(H,25,26,27). The Hall–Kier alpha value is -2.77. The number of pyridine rings is 1. The summed E-state index contributed by atoms with van der Waals surface area (Å²) in [7, 11) is 0. The number of carbonyl (C=O) groups excluding carboxylic acids is 1. The molecule has 0 atom stereocenters. The zero-order valence-electron chi connectivity index (χ0n) is 16.4. The smallest absolute Gasteiger partial charge is 0.269 e. The first-order valence-electron chi connectivity index (χ1n) is 9.57. The van der Waals surface area contributed by atoms with Crippen LogP contribution in [0.1, 0.15) is 40.7 Å². The van der Waals surface area contributed by atoms with Gasteiger partial charge in [-0.3, -0.25) is 10.1 Å². The Bertz CT molecular complexity index is 1160. The van der Waals surface area contributed by atoms with Gasteiger partial charge in [0.05, 0.1) is 11.4 Å². The maximum Gasteiger partial charge on any atom is 0.269 e. The molecule has 29 heavy (non-hydrogen) atoms. The number of aromatic nitrogens is 2. The van der Waals surface area contributed by atoms with Crippen molar-refractivity contribution in [3.63, 3.8) is 0 Å². The van der Waals surface area contributed by atoms with Crippen LogP contribution in [0.3, 0.4) is 0 Å². The molecule has 7 heteroatoms. The van der Waals surface area contributed by atoms with Crippen LogP contribution in [0.15, 0.2) is 41.8 Å². The van der Waals surface area contributed by atoms with E-state index in [0.717, 1.165) is 46.4 Å². The molecule has 0 spiro atoms. The molecule has 0 aliphatic rings. The van der Waals surface area contributed by atoms with Crippen LogP contribution in [0, 0.1) is 6.92 Å². The molecular formula is C22H22N4OS2. The summed E-state index contributed by atoms with van der Waals surface area (Å²) in [6.45, 7) is 4.21. The van der Waals surface area contributed by atoms with E-state index in [4.69, 9.17) is 5.73 Å². The van der Waals surface area contributed by atoms with Gasteiger partial charge in [0.1, 0.15) is 9.71 Å². The predicted octanol–water partition coefficient (Wildman–Crippen LogP) is 5.91. The van der Waals surface area contributed by atoms with E-state index in [1.54, 1.807) is 0 Å². The molecule has 0 aliphatic heterocycles. The van der Waals surface area contributed by atoms with Crippen LogP contribution in [0.2, 0.25) is 0 Å². The molecule has 3 heterocycles. The molecule has 0 unspecified atom stereocenters. The topological polar surface area (TPSA) is 80.9 Å². The van der Waals surface area contributed by atoms with Crippen molar-refractivity contribution in [2.45, 2.75) is 33.1 Å². The Morgan fingerprint density at radius 1 is 1.14 bits per heavy atom. The Kier molecular flexibility index (Phi) is 5.60. The van der Waals surface area contributed by atoms with Crippen molar-refractivity contribution >= 4 is 49.6 Å². The van der Waals surface area contributed by atoms with Gasteiger partial charge >= 0.3 is 0 Å². The summed E-state index contributed by atoms with van der Waals surface area (Å²) < 4.78 is 0. The Morgan fingerprint density at radius 2 is 1.93 bits per heavy atom. The second-order valence-corrected chi connectivity index (χ2v) is 8.82. The van der Waals surface area contributed by atoms with Crippen LogP contribution in [0.4, 0.5) is 10.8 Å². The maximum atomic E-state index is 12.8. The number of rotatable bonds is 6. The van der Waals surface area contributed by atoms with Crippen molar-refractivity contribution in [3.05, 3.63) is 57.9 Å². The third-order valence-electron chi connectivity index (χ3n) is 4.72. The van der Waals surface area contributed by atoms with Gasteiger partial charge in [-0.1, -0.05) is 43.2 Å². The van der Waals surface area contributed by atoms with Crippen LogP contribution in [-0.2, 0) is 6.42 Å². The van der Waals surface area contributed by atoms with Crippen LogP contribution in [0.25, 0.3) is 21.5 Å². The molecule has 0 aliphatic carbocycles. The van der Waals surface area contributed by atoms with E-state index in [-0.39, 0.29) is 5.91 Å². The van der Waals surface area contributed by atoms with Crippen LogP contribution in [-0.4, -0.2) is 15.9 Å². The summed E-state index contributed by atoms with van der Waals surface area (Å²) in [4.78, 5) is 23.3. The van der Waals surface area contributed by atoms with Crippen LogP contribution < -0.4 is 11.1 Å². The number of nitrogens with one attached hydrogen (secondary N) is 1. The SMILES string of the molecule is CCCCc1ccc2c(N)c(C(=O)Nc3nc(-c4ccc(C)cc4)cs3)sc2n1. The molecule has 148 valence electrons. The minimum absolute atomic E-state index is 0.245. The third-order valence-corrected chi connectivity index (χ3v) is 6.59. The van der Waals surface area contributed by atoms with Gasteiger partial charge in [-0.25, -0.2) is 9.97 Å². The lowest BCUT2D eigenvalue weighted by Crippen LogP contribution is -2.11. The number of amides is 1. The van der Waals surface area contributed by atoms with E-state index < -0.39 is 0 Å². The van der Waals surface area contributed by atoms with Gasteiger partial charge in [0.15, 0.2) is 5.13 Å². The van der Waals surface area contributed by atoms with E-state index in [1.165, 1.54) is 28.2 Å². The fourth-order valence-electron chi connectivity index (χ4n) is 3.04. The van der Waals surface area contributed by atoms with Gasteiger partial charge in [-0.2, -0.15) is 0 Å². The Balaban J connectivity index is 1.54. The van der Waals surface area contributed by atoms with E-state index in [9.17, 15) is 4.79 Å². The largest absolute Gasteiger partial charge is 0.397 e. The average molecular weight is 423 g/mol. The lowest BCUT2D eigenvalue weighted by atomic mass is 10.1. The summed E-state index contributed by atoms with van der Waals surface area (Å²) in [6.07, 6.45) is 3.16.